The van der Waals surface area contributed by atoms with Crippen LogP contribution in [0, 0.1) is 5.82 Å². The number of hydrogen-bond acceptors (Lipinski definition) is 3. The summed E-state index contributed by atoms with van der Waals surface area (Å²) in [7, 11) is -3.69. The number of carbonyl (C=O) groups is 1. The van der Waals surface area contributed by atoms with Crippen LogP contribution >= 0.6 is 0 Å². The predicted octanol–water partition coefficient (Wildman–Crippen LogP) is 2.63. The van der Waals surface area contributed by atoms with Crippen LogP contribution in [-0.4, -0.2) is 49.2 Å². The molecule has 1 fully saturated rings. The lowest BCUT2D eigenvalue weighted by molar-refractivity contribution is -0.130. The Balaban J connectivity index is 2.00. The van der Waals surface area contributed by atoms with Gasteiger partial charge in [0.1, 0.15) is 5.82 Å². The quantitative estimate of drug-likeness (QED) is 0.755. The minimum Gasteiger partial charge on any atom is -0.343 e. The highest BCUT2D eigenvalue weighted by atomic mass is 32.2. The maximum absolute atomic E-state index is 13.0. The van der Waals surface area contributed by atoms with E-state index in [0.717, 1.165) is 38.1 Å². The van der Waals surface area contributed by atoms with Crippen molar-refractivity contribution in [3.8, 4) is 0 Å². The number of nitrogens with zero attached hydrogens (tertiary/aromatic N) is 2. The lowest BCUT2D eigenvalue weighted by Gasteiger charge is -2.26. The molecule has 0 spiro atoms. The van der Waals surface area contributed by atoms with Gasteiger partial charge in [-0.05, 0) is 57.4 Å². The molecule has 1 saturated heterocycles. The zero-order valence-electron chi connectivity index (χ0n) is 14.2. The first kappa shape index (κ1) is 18.9. The number of hydrogen-bond donors (Lipinski definition) is 0. The van der Waals surface area contributed by atoms with Crippen molar-refractivity contribution in [2.45, 2.75) is 50.5 Å². The third-order valence-corrected chi connectivity index (χ3v) is 6.31. The molecule has 1 aromatic carbocycles. The van der Waals surface area contributed by atoms with Gasteiger partial charge in [-0.25, -0.2) is 12.8 Å². The lowest BCUT2D eigenvalue weighted by Crippen LogP contribution is -2.38. The lowest BCUT2D eigenvalue weighted by atomic mass is 10.2. The average molecular weight is 356 g/mol. The largest absolute Gasteiger partial charge is 0.343 e. The molecule has 2 rings (SSSR count). The highest BCUT2D eigenvalue weighted by Crippen LogP contribution is 2.20. The Morgan fingerprint density at radius 2 is 1.79 bits per heavy atom. The average Bonchev–Trinajstić information content (AvgIpc) is 3.05. The zero-order chi connectivity index (χ0) is 17.7. The second kappa shape index (κ2) is 8.07. The fourth-order valence-electron chi connectivity index (χ4n) is 2.91. The van der Waals surface area contributed by atoms with Crippen LogP contribution in [0.15, 0.2) is 29.2 Å². The molecule has 134 valence electrons. The second-order valence-electron chi connectivity index (χ2n) is 6.35. The molecule has 0 aromatic heterocycles. The standard InChI is InChI=1S/C17H25FN2O3S/c1-14(2)20(13-5-6-17(21)19-11-3-4-12-19)24(22,23)16-9-7-15(18)8-10-16/h7-10,14H,3-6,11-13H2,1-2H3. The molecule has 0 bridgehead atoms. The van der Waals surface area contributed by atoms with Crippen molar-refractivity contribution in [3.63, 3.8) is 0 Å². The van der Waals surface area contributed by atoms with E-state index in [2.05, 4.69) is 0 Å². The smallest absolute Gasteiger partial charge is 0.243 e. The van der Waals surface area contributed by atoms with Crippen LogP contribution in [0.2, 0.25) is 0 Å². The summed E-state index contributed by atoms with van der Waals surface area (Å²) in [6.45, 7) is 5.48. The monoisotopic (exact) mass is 356 g/mol. The molecule has 0 aliphatic carbocycles. The summed E-state index contributed by atoms with van der Waals surface area (Å²) in [4.78, 5) is 14.0. The molecule has 7 heteroatoms. The highest BCUT2D eigenvalue weighted by Gasteiger charge is 2.27. The minimum absolute atomic E-state index is 0.0727. The number of carbonyl (C=O) groups excluding carboxylic acids is 1. The molecule has 1 aliphatic rings. The molecule has 0 atom stereocenters. The summed E-state index contributed by atoms with van der Waals surface area (Å²) in [5.74, 6) is -0.378. The van der Waals surface area contributed by atoms with E-state index in [1.165, 1.54) is 16.4 Å². The third-order valence-electron chi connectivity index (χ3n) is 4.22. The van der Waals surface area contributed by atoms with Gasteiger partial charge in [-0.1, -0.05) is 0 Å². The van der Waals surface area contributed by atoms with E-state index in [-0.39, 0.29) is 23.4 Å². The maximum atomic E-state index is 13.0. The van der Waals surface area contributed by atoms with Crippen molar-refractivity contribution in [1.29, 1.82) is 0 Å². The topological polar surface area (TPSA) is 57.7 Å². The Morgan fingerprint density at radius 1 is 1.21 bits per heavy atom. The molecule has 0 saturated carbocycles. The Morgan fingerprint density at radius 3 is 2.33 bits per heavy atom. The van der Waals surface area contributed by atoms with Gasteiger partial charge in [-0.2, -0.15) is 4.31 Å². The zero-order valence-corrected chi connectivity index (χ0v) is 15.1. The molecule has 1 amide bonds. The molecule has 1 aliphatic heterocycles. The van der Waals surface area contributed by atoms with Crippen LogP contribution in [0.4, 0.5) is 4.39 Å². The van der Waals surface area contributed by atoms with Crippen LogP contribution in [0.5, 0.6) is 0 Å². The number of likely N-dealkylation sites (tertiary alicyclic amines) is 1. The van der Waals surface area contributed by atoms with Crippen molar-refractivity contribution >= 4 is 15.9 Å². The van der Waals surface area contributed by atoms with Crippen molar-refractivity contribution in [2.75, 3.05) is 19.6 Å². The van der Waals surface area contributed by atoms with Gasteiger partial charge in [0.25, 0.3) is 0 Å². The molecular weight excluding hydrogens is 331 g/mol. The van der Waals surface area contributed by atoms with E-state index in [0.29, 0.717) is 12.8 Å². The van der Waals surface area contributed by atoms with Gasteiger partial charge in [0.15, 0.2) is 0 Å². The van der Waals surface area contributed by atoms with E-state index < -0.39 is 15.8 Å². The van der Waals surface area contributed by atoms with Gasteiger partial charge in [0, 0.05) is 32.1 Å². The Bertz CT molecular complexity index is 653. The van der Waals surface area contributed by atoms with Crippen LogP contribution in [-0.2, 0) is 14.8 Å². The number of sulfonamides is 1. The van der Waals surface area contributed by atoms with Crippen molar-refractivity contribution in [3.05, 3.63) is 30.1 Å². The first-order valence-corrected chi connectivity index (χ1v) is 9.81. The summed E-state index contributed by atoms with van der Waals surface area (Å²) in [6, 6.07) is 4.59. The van der Waals surface area contributed by atoms with Gasteiger partial charge in [0.05, 0.1) is 4.90 Å². The van der Waals surface area contributed by atoms with Crippen molar-refractivity contribution < 1.29 is 17.6 Å². The SMILES string of the molecule is CC(C)N(CCCC(=O)N1CCCC1)S(=O)(=O)c1ccc(F)cc1. The van der Waals surface area contributed by atoms with E-state index in [1.54, 1.807) is 13.8 Å². The first-order chi connectivity index (χ1) is 11.3. The molecule has 1 aromatic rings. The van der Waals surface area contributed by atoms with E-state index >= 15 is 0 Å². The summed E-state index contributed by atoms with van der Waals surface area (Å²) >= 11 is 0. The molecule has 0 N–H and O–H groups in total. The molecule has 1 heterocycles. The third kappa shape index (κ3) is 4.54. The normalized spacial score (nSPS) is 15.5. The minimum atomic E-state index is -3.69. The Kier molecular flexibility index (Phi) is 6.34. The number of benzene rings is 1. The highest BCUT2D eigenvalue weighted by molar-refractivity contribution is 7.89. The van der Waals surface area contributed by atoms with E-state index in [9.17, 15) is 17.6 Å². The maximum Gasteiger partial charge on any atom is 0.243 e. The van der Waals surface area contributed by atoms with Crippen molar-refractivity contribution in [1.82, 2.24) is 9.21 Å². The predicted molar refractivity (Wildman–Crippen MR) is 90.5 cm³/mol. The van der Waals surface area contributed by atoms with Crippen molar-refractivity contribution in [2.24, 2.45) is 0 Å². The number of halogens is 1. The summed E-state index contributed by atoms with van der Waals surface area (Å²) in [5, 5.41) is 0. The van der Waals surface area contributed by atoms with Gasteiger partial charge in [-0.3, -0.25) is 4.79 Å². The number of rotatable bonds is 7. The van der Waals surface area contributed by atoms with Crippen LogP contribution in [0.25, 0.3) is 0 Å². The number of amides is 1. The second-order valence-corrected chi connectivity index (χ2v) is 8.25. The Hall–Kier alpha value is -1.47. The molecule has 24 heavy (non-hydrogen) atoms. The first-order valence-electron chi connectivity index (χ1n) is 8.37. The van der Waals surface area contributed by atoms with E-state index in [4.69, 9.17) is 0 Å². The fourth-order valence-corrected chi connectivity index (χ4v) is 4.58. The molecule has 0 radical (unpaired) electrons. The van der Waals surface area contributed by atoms with Crippen LogP contribution in [0.1, 0.15) is 39.5 Å². The van der Waals surface area contributed by atoms with Gasteiger partial charge in [-0.15, -0.1) is 0 Å². The fraction of sp³-hybridized carbons (Fsp3) is 0.588. The summed E-state index contributed by atoms with van der Waals surface area (Å²) in [5.41, 5.74) is 0. The summed E-state index contributed by atoms with van der Waals surface area (Å²) in [6.07, 6.45) is 2.92. The molecule has 0 unspecified atom stereocenters. The van der Waals surface area contributed by atoms with Crippen LogP contribution < -0.4 is 0 Å². The van der Waals surface area contributed by atoms with Crippen LogP contribution in [0.3, 0.4) is 0 Å². The Labute approximate surface area is 143 Å². The molecule has 5 nitrogen and oxygen atoms in total. The van der Waals surface area contributed by atoms with Gasteiger partial charge < -0.3 is 4.90 Å². The molecular formula is C17H25FN2O3S. The van der Waals surface area contributed by atoms with E-state index in [1.807, 2.05) is 4.90 Å². The summed E-state index contributed by atoms with van der Waals surface area (Å²) < 4.78 is 39.8. The van der Waals surface area contributed by atoms with Gasteiger partial charge in [0.2, 0.25) is 15.9 Å². The van der Waals surface area contributed by atoms with Gasteiger partial charge >= 0.3 is 0 Å².